The molecule has 0 aliphatic carbocycles. The van der Waals surface area contributed by atoms with Crippen LogP contribution in [0.4, 0.5) is 5.69 Å². The van der Waals surface area contributed by atoms with Gasteiger partial charge in [0.15, 0.2) is 0 Å². The molecule has 0 aliphatic heterocycles. The van der Waals surface area contributed by atoms with E-state index in [1.54, 1.807) is 37.7 Å². The molecule has 0 aliphatic rings. The smallest absolute Gasteiger partial charge is 0.278 e. The van der Waals surface area contributed by atoms with Gasteiger partial charge in [-0.25, -0.2) is 13.4 Å². The molecule has 188 valence electrons. The van der Waals surface area contributed by atoms with E-state index in [0.29, 0.717) is 29.6 Å². The molecule has 0 amide bonds. The van der Waals surface area contributed by atoms with Gasteiger partial charge in [0.05, 0.1) is 18.3 Å². The maximum Gasteiger partial charge on any atom is 0.278 e. The van der Waals surface area contributed by atoms with Crippen molar-refractivity contribution >= 4 is 15.7 Å². The third-order valence-corrected chi connectivity index (χ3v) is 7.24. The lowest BCUT2D eigenvalue weighted by Gasteiger charge is -2.10. The highest BCUT2D eigenvalue weighted by Gasteiger charge is 2.15. The zero-order valence-corrected chi connectivity index (χ0v) is 21.1. The fourth-order valence-electron chi connectivity index (χ4n) is 3.75. The van der Waals surface area contributed by atoms with Gasteiger partial charge in [-0.3, -0.25) is 4.72 Å². The minimum absolute atomic E-state index is 0.232. The van der Waals surface area contributed by atoms with Gasteiger partial charge in [-0.2, -0.15) is 4.98 Å². The molecule has 10 heteroatoms. The first kappa shape index (κ1) is 24.3. The number of benzene rings is 3. The fraction of sp³-hybridized carbons (Fsp3) is 0.148. The van der Waals surface area contributed by atoms with Crippen LogP contribution in [0.3, 0.4) is 0 Å². The first-order chi connectivity index (χ1) is 17.9. The Morgan fingerprint density at radius 2 is 1.65 bits per heavy atom. The number of ether oxygens (including phenoxy) is 1. The van der Waals surface area contributed by atoms with E-state index in [0.717, 1.165) is 28.9 Å². The largest absolute Gasteiger partial charge is 0.497 e. The maximum atomic E-state index is 12.7. The van der Waals surface area contributed by atoms with Crippen molar-refractivity contribution in [3.63, 3.8) is 0 Å². The van der Waals surface area contributed by atoms with Gasteiger partial charge in [-0.15, -0.1) is 0 Å². The van der Waals surface area contributed by atoms with E-state index in [4.69, 9.17) is 9.26 Å². The minimum atomic E-state index is -3.65. The second-order valence-corrected chi connectivity index (χ2v) is 10.1. The molecule has 9 nitrogen and oxygen atoms in total. The molecule has 2 aromatic heterocycles. The van der Waals surface area contributed by atoms with Crippen molar-refractivity contribution in [2.24, 2.45) is 0 Å². The van der Waals surface area contributed by atoms with Gasteiger partial charge < -0.3 is 13.8 Å². The monoisotopic (exact) mass is 515 g/mol. The Morgan fingerprint density at radius 1 is 0.946 bits per heavy atom. The first-order valence-electron chi connectivity index (χ1n) is 11.6. The number of sulfonamides is 1. The van der Waals surface area contributed by atoms with E-state index in [1.165, 1.54) is 0 Å². The summed E-state index contributed by atoms with van der Waals surface area (Å²) in [6, 6.07) is 21.5. The summed E-state index contributed by atoms with van der Waals surface area (Å²) in [4.78, 5) is 9.06. The number of methoxy groups -OCH3 is 1. The molecule has 37 heavy (non-hydrogen) atoms. The fourth-order valence-corrected chi connectivity index (χ4v) is 4.81. The van der Waals surface area contributed by atoms with Gasteiger partial charge >= 0.3 is 0 Å². The van der Waals surface area contributed by atoms with Gasteiger partial charge in [-0.05, 0) is 66.1 Å². The average molecular weight is 516 g/mol. The zero-order valence-electron chi connectivity index (χ0n) is 20.3. The Bertz CT molecular complexity index is 1590. The normalized spacial score (nSPS) is 11.4. The molecule has 5 aromatic rings. The number of imidazole rings is 1. The second-order valence-electron chi connectivity index (χ2n) is 8.38. The highest BCUT2D eigenvalue weighted by atomic mass is 32.2. The molecular formula is C27H25N5O4S. The number of hydrogen-bond donors (Lipinski definition) is 1. The van der Waals surface area contributed by atoms with E-state index in [2.05, 4.69) is 19.8 Å². The predicted octanol–water partition coefficient (Wildman–Crippen LogP) is 5.02. The standard InChI is InChI=1S/C27H25N5O4S/c1-3-19-6-14-24(15-7-19)37(33,34)31-22-10-4-20(5-11-22)16-32-17-25(28-18-32)27-29-26(30-36-27)21-8-12-23(35-2)13-9-21/h4-15,17-18,31H,3,16H2,1-2H3. The first-order valence-corrected chi connectivity index (χ1v) is 13.1. The van der Waals surface area contributed by atoms with E-state index in [9.17, 15) is 8.42 Å². The number of aromatic nitrogens is 4. The van der Waals surface area contributed by atoms with E-state index < -0.39 is 10.0 Å². The predicted molar refractivity (Wildman–Crippen MR) is 140 cm³/mol. The third-order valence-electron chi connectivity index (χ3n) is 5.84. The number of anilines is 1. The number of nitrogens with one attached hydrogen (secondary N) is 1. The minimum Gasteiger partial charge on any atom is -0.497 e. The topological polar surface area (TPSA) is 112 Å². The molecule has 0 saturated heterocycles. The molecule has 5 rings (SSSR count). The lowest BCUT2D eigenvalue weighted by Crippen LogP contribution is -2.13. The van der Waals surface area contributed by atoms with Crippen LogP contribution >= 0.6 is 0 Å². The van der Waals surface area contributed by atoms with Crippen LogP contribution in [-0.4, -0.2) is 35.2 Å². The highest BCUT2D eigenvalue weighted by Crippen LogP contribution is 2.23. The van der Waals surface area contributed by atoms with Crippen LogP contribution in [0, 0.1) is 0 Å². The summed E-state index contributed by atoms with van der Waals surface area (Å²) in [5, 5.41) is 4.05. The third kappa shape index (κ3) is 5.54. The molecule has 1 N–H and O–H groups in total. The average Bonchev–Trinajstić information content (AvgIpc) is 3.60. The van der Waals surface area contributed by atoms with E-state index in [1.807, 2.05) is 66.2 Å². The van der Waals surface area contributed by atoms with Crippen LogP contribution in [0.15, 0.2) is 94.7 Å². The van der Waals surface area contributed by atoms with Gasteiger partial charge in [0.2, 0.25) is 5.82 Å². The van der Waals surface area contributed by atoms with Crippen molar-refractivity contribution in [3.05, 3.63) is 96.4 Å². The molecule has 3 aromatic carbocycles. The van der Waals surface area contributed by atoms with Crippen LogP contribution in [0.5, 0.6) is 5.75 Å². The molecule has 2 heterocycles. The lowest BCUT2D eigenvalue weighted by atomic mass is 10.2. The quantitative estimate of drug-likeness (QED) is 0.293. The van der Waals surface area contributed by atoms with Gasteiger partial charge in [0.25, 0.3) is 15.9 Å². The molecule has 0 fully saturated rings. The van der Waals surface area contributed by atoms with Gasteiger partial charge in [0.1, 0.15) is 11.4 Å². The Hall–Kier alpha value is -4.44. The SMILES string of the molecule is CCc1ccc(S(=O)(=O)Nc2ccc(Cn3cnc(-c4nc(-c5ccc(OC)cc5)no4)c3)cc2)cc1. The number of rotatable bonds is 9. The Kier molecular flexibility index (Phi) is 6.74. The molecule has 0 saturated carbocycles. The van der Waals surface area contributed by atoms with Crippen molar-refractivity contribution in [1.29, 1.82) is 0 Å². The highest BCUT2D eigenvalue weighted by molar-refractivity contribution is 7.92. The van der Waals surface area contributed by atoms with Crippen LogP contribution in [-0.2, 0) is 23.0 Å². The van der Waals surface area contributed by atoms with Crippen molar-refractivity contribution in [3.8, 4) is 28.7 Å². The number of hydrogen-bond acceptors (Lipinski definition) is 7. The molecule has 0 radical (unpaired) electrons. The summed E-state index contributed by atoms with van der Waals surface area (Å²) in [7, 11) is -2.04. The van der Waals surface area contributed by atoms with Crippen LogP contribution in [0.2, 0.25) is 0 Å². The summed E-state index contributed by atoms with van der Waals surface area (Å²) >= 11 is 0. The molecule has 0 spiro atoms. The lowest BCUT2D eigenvalue weighted by molar-refractivity contribution is 0.414. The van der Waals surface area contributed by atoms with E-state index >= 15 is 0 Å². The summed E-state index contributed by atoms with van der Waals surface area (Å²) in [5.41, 5.74) is 3.92. The summed E-state index contributed by atoms with van der Waals surface area (Å²) in [6.07, 6.45) is 4.36. The maximum absolute atomic E-state index is 12.7. The number of aryl methyl sites for hydroxylation is 1. The van der Waals surface area contributed by atoms with Crippen molar-refractivity contribution < 1.29 is 17.7 Å². The molecule has 0 unspecified atom stereocenters. The summed E-state index contributed by atoms with van der Waals surface area (Å²) in [6.45, 7) is 2.57. The van der Waals surface area contributed by atoms with Crippen molar-refractivity contribution in [1.82, 2.24) is 19.7 Å². The summed E-state index contributed by atoms with van der Waals surface area (Å²) in [5.74, 6) is 1.53. The Balaban J connectivity index is 1.23. The van der Waals surface area contributed by atoms with Crippen molar-refractivity contribution in [2.75, 3.05) is 11.8 Å². The Morgan fingerprint density at radius 3 is 2.32 bits per heavy atom. The van der Waals surface area contributed by atoms with Gasteiger partial charge in [0, 0.05) is 24.0 Å². The molecule has 0 bridgehead atoms. The number of nitrogens with zero attached hydrogens (tertiary/aromatic N) is 4. The molecular weight excluding hydrogens is 490 g/mol. The summed E-state index contributed by atoms with van der Waals surface area (Å²) < 4.78 is 40.5. The van der Waals surface area contributed by atoms with Crippen LogP contribution in [0.1, 0.15) is 18.1 Å². The second kappa shape index (κ2) is 10.3. The Labute approximate surface area is 214 Å². The van der Waals surface area contributed by atoms with Crippen LogP contribution < -0.4 is 9.46 Å². The molecule has 0 atom stereocenters. The van der Waals surface area contributed by atoms with Crippen LogP contribution in [0.25, 0.3) is 23.0 Å². The zero-order chi connectivity index (χ0) is 25.8. The van der Waals surface area contributed by atoms with E-state index in [-0.39, 0.29) is 4.90 Å². The van der Waals surface area contributed by atoms with Gasteiger partial charge in [-0.1, -0.05) is 36.3 Å². The van der Waals surface area contributed by atoms with Crippen molar-refractivity contribution in [2.45, 2.75) is 24.8 Å².